The zero-order valence-electron chi connectivity index (χ0n) is 52.7. The first-order chi connectivity index (χ1) is 47.5. The summed E-state index contributed by atoms with van der Waals surface area (Å²) in [5.41, 5.74) is 31.4. The summed E-state index contributed by atoms with van der Waals surface area (Å²) in [5.74, 6) is 1.82. The molecule has 5 heteroatoms. The number of fused-ring (bicyclic) bond motifs is 9. The van der Waals surface area contributed by atoms with Gasteiger partial charge in [-0.3, -0.25) is 0 Å². The van der Waals surface area contributed by atoms with E-state index in [9.17, 15) is 0 Å². The van der Waals surface area contributed by atoms with E-state index in [0.29, 0.717) is 17.5 Å². The van der Waals surface area contributed by atoms with Gasteiger partial charge in [0.2, 0.25) is 0 Å². The molecule has 0 fully saturated rings. The first kappa shape index (κ1) is 55.3. The minimum atomic E-state index is 0.599. The van der Waals surface area contributed by atoms with Crippen LogP contribution in [0.4, 0.5) is 0 Å². The van der Waals surface area contributed by atoms with Gasteiger partial charge in [-0.05, 0) is 211 Å². The Hall–Kier alpha value is -12.3. The molecule has 3 aromatic heterocycles. The van der Waals surface area contributed by atoms with Crippen molar-refractivity contribution in [3.05, 3.63) is 344 Å². The van der Waals surface area contributed by atoms with Crippen molar-refractivity contribution < 1.29 is 0 Å². The molecule has 0 saturated carbocycles. The molecule has 0 spiro atoms. The molecule has 5 nitrogen and oxygen atoms in total. The summed E-state index contributed by atoms with van der Waals surface area (Å²) in [5, 5.41) is 4.86. The number of aryl methyl sites for hydroxylation is 4. The van der Waals surface area contributed by atoms with Crippen LogP contribution in [-0.4, -0.2) is 24.1 Å². The van der Waals surface area contributed by atoms with Crippen molar-refractivity contribution in [1.82, 2.24) is 24.1 Å². The molecular formula is C91H61N5. The van der Waals surface area contributed by atoms with E-state index in [4.69, 9.17) is 15.0 Å². The van der Waals surface area contributed by atoms with Crippen LogP contribution in [0.25, 0.3) is 167 Å². The van der Waals surface area contributed by atoms with Crippen LogP contribution in [0, 0.1) is 0 Å². The van der Waals surface area contributed by atoms with Gasteiger partial charge in [-0.1, -0.05) is 237 Å². The summed E-state index contributed by atoms with van der Waals surface area (Å²) in [7, 11) is 0. The predicted octanol–water partition coefficient (Wildman–Crippen LogP) is 22.9. The third-order valence-corrected chi connectivity index (χ3v) is 20.1. The van der Waals surface area contributed by atoms with Gasteiger partial charge in [0.15, 0.2) is 17.5 Å². The molecule has 3 heterocycles. The van der Waals surface area contributed by atoms with Gasteiger partial charge in [0.25, 0.3) is 0 Å². The van der Waals surface area contributed by atoms with E-state index >= 15 is 0 Å². The Morgan fingerprint density at radius 3 is 1.14 bits per heavy atom. The molecule has 17 aromatic rings. The van der Waals surface area contributed by atoms with E-state index in [1.807, 2.05) is 18.2 Å². The SMILES string of the molecule is c1ccc(-c2cccc(-c3nc(-c4ccccc4)nc(-c4cc(-c5cccc(-c6cc(-c7ccc8c(c7)CC8)cc(-n7c8ccccc8c8ccc9c(c%10ccccc%10n9-c9cccc(-c%10ccccc%10)c9)c87)c6)c5)cc(-c5cccc(-c6ccc7c(c6)CC7)c5)c4)n3)c2)cc1. The summed E-state index contributed by atoms with van der Waals surface area (Å²) in [4.78, 5) is 16.0. The fourth-order valence-electron chi connectivity index (χ4n) is 15.0. The van der Waals surface area contributed by atoms with Crippen LogP contribution in [0.15, 0.2) is 322 Å². The van der Waals surface area contributed by atoms with E-state index in [-0.39, 0.29) is 0 Å². The lowest BCUT2D eigenvalue weighted by Gasteiger charge is -2.20. The van der Waals surface area contributed by atoms with Gasteiger partial charge < -0.3 is 9.13 Å². The molecule has 0 saturated heterocycles. The number of hydrogen-bond donors (Lipinski definition) is 0. The lowest BCUT2D eigenvalue weighted by Crippen LogP contribution is -2.07. The van der Waals surface area contributed by atoms with Gasteiger partial charge in [-0.25, -0.2) is 15.0 Å². The normalized spacial score (nSPS) is 12.4. The van der Waals surface area contributed by atoms with Crippen molar-refractivity contribution in [2.24, 2.45) is 0 Å². The molecule has 0 amide bonds. The van der Waals surface area contributed by atoms with Crippen molar-refractivity contribution in [3.63, 3.8) is 0 Å². The number of benzene rings is 14. The quantitative estimate of drug-likeness (QED) is 0.122. The van der Waals surface area contributed by atoms with E-state index in [1.54, 1.807) is 0 Å². The van der Waals surface area contributed by atoms with Crippen LogP contribution in [0.3, 0.4) is 0 Å². The third kappa shape index (κ3) is 9.66. The van der Waals surface area contributed by atoms with Gasteiger partial charge >= 0.3 is 0 Å². The van der Waals surface area contributed by atoms with E-state index in [0.717, 1.165) is 109 Å². The fraction of sp³-hybridized carbons (Fsp3) is 0.0440. The molecule has 0 atom stereocenters. The molecule has 0 aliphatic heterocycles. The van der Waals surface area contributed by atoms with Gasteiger partial charge in [0, 0.05) is 49.6 Å². The van der Waals surface area contributed by atoms with Crippen molar-refractivity contribution in [2.45, 2.75) is 25.7 Å². The summed E-state index contributed by atoms with van der Waals surface area (Å²) >= 11 is 0. The molecule has 2 aliphatic rings. The first-order valence-corrected chi connectivity index (χ1v) is 33.4. The van der Waals surface area contributed by atoms with Crippen molar-refractivity contribution in [3.8, 4) is 123 Å². The van der Waals surface area contributed by atoms with Gasteiger partial charge in [0.1, 0.15) is 0 Å². The lowest BCUT2D eigenvalue weighted by atomic mass is 9.85. The van der Waals surface area contributed by atoms with E-state index in [1.165, 1.54) is 88.2 Å². The predicted molar refractivity (Wildman–Crippen MR) is 398 cm³/mol. The second-order valence-electron chi connectivity index (χ2n) is 25.8. The first-order valence-electron chi connectivity index (χ1n) is 33.4. The standard InChI is InChI=1S/C91H61N5/c1-4-18-58(19-5-1)63-24-16-30-73(50-63)90-92-89(62-22-8-3-9-23-62)93-91(94-90)78-53-74(65-26-14-25-64(46-65)71-42-38-60-36-40-69(60)48-71)51-75(54-78)66-27-15-28-67(47-66)76-52-77(72-43-39-61-37-41-70(61)49-72)57-80(56-76)96-84-34-12-10-32-81(84)82-44-45-86-87(88(82)96)83-33-11-13-35-85(83)95(86)79-31-17-29-68(55-79)59-20-6-2-7-21-59/h1-35,38-39,42-57H,36-37,40-41H2. The monoisotopic (exact) mass is 1220 g/mol. The Morgan fingerprint density at radius 2 is 0.573 bits per heavy atom. The summed E-state index contributed by atoms with van der Waals surface area (Å²) in [6.07, 6.45) is 4.51. The van der Waals surface area contributed by atoms with Crippen molar-refractivity contribution in [2.75, 3.05) is 0 Å². The van der Waals surface area contributed by atoms with Crippen molar-refractivity contribution in [1.29, 1.82) is 0 Å². The number of hydrogen-bond acceptors (Lipinski definition) is 3. The highest BCUT2D eigenvalue weighted by molar-refractivity contribution is 6.26. The maximum atomic E-state index is 5.43. The second-order valence-corrected chi connectivity index (χ2v) is 25.8. The summed E-state index contributed by atoms with van der Waals surface area (Å²) in [6.45, 7) is 0. The number of rotatable bonds is 12. The van der Waals surface area contributed by atoms with E-state index < -0.39 is 0 Å². The minimum Gasteiger partial charge on any atom is -0.309 e. The second kappa shape index (κ2) is 22.8. The number of aromatic nitrogens is 5. The molecule has 0 bridgehead atoms. The van der Waals surface area contributed by atoms with E-state index in [2.05, 4.69) is 312 Å². The van der Waals surface area contributed by atoms with Crippen LogP contribution in [-0.2, 0) is 25.7 Å². The molecule has 0 N–H and O–H groups in total. The zero-order valence-corrected chi connectivity index (χ0v) is 52.7. The number of para-hydroxylation sites is 2. The maximum Gasteiger partial charge on any atom is 0.164 e. The molecule has 2 aliphatic carbocycles. The summed E-state index contributed by atoms with van der Waals surface area (Å²) < 4.78 is 5.02. The Morgan fingerprint density at radius 1 is 0.198 bits per heavy atom. The average molecular weight is 1220 g/mol. The molecule has 0 unspecified atom stereocenters. The molecule has 96 heavy (non-hydrogen) atoms. The van der Waals surface area contributed by atoms with Crippen LogP contribution in [0.5, 0.6) is 0 Å². The highest BCUT2D eigenvalue weighted by Crippen LogP contribution is 2.45. The Bertz CT molecular complexity index is 5960. The van der Waals surface area contributed by atoms with Gasteiger partial charge in [-0.15, -0.1) is 0 Å². The highest BCUT2D eigenvalue weighted by Gasteiger charge is 2.24. The van der Waals surface area contributed by atoms with Gasteiger partial charge in [-0.2, -0.15) is 0 Å². The molecular weight excluding hydrogens is 1160 g/mol. The van der Waals surface area contributed by atoms with Crippen molar-refractivity contribution >= 4 is 43.6 Å². The summed E-state index contributed by atoms with van der Waals surface area (Å²) in [6, 6.07) is 118. The van der Waals surface area contributed by atoms with Crippen LogP contribution >= 0.6 is 0 Å². The molecule has 14 aromatic carbocycles. The lowest BCUT2D eigenvalue weighted by molar-refractivity contribution is 0.840. The Kier molecular flexibility index (Phi) is 13.1. The Labute approximate surface area is 557 Å². The smallest absolute Gasteiger partial charge is 0.164 e. The van der Waals surface area contributed by atoms with Gasteiger partial charge in [0.05, 0.1) is 22.1 Å². The maximum absolute atomic E-state index is 5.43. The largest absolute Gasteiger partial charge is 0.309 e. The molecule has 0 radical (unpaired) electrons. The fourth-order valence-corrected chi connectivity index (χ4v) is 15.0. The number of nitrogens with zero attached hydrogens (tertiary/aromatic N) is 5. The van der Waals surface area contributed by atoms with Crippen LogP contribution in [0.2, 0.25) is 0 Å². The van der Waals surface area contributed by atoms with Crippen LogP contribution in [0.1, 0.15) is 22.3 Å². The Balaban J connectivity index is 0.806. The average Bonchev–Trinajstić information content (AvgIpc) is 1.54. The van der Waals surface area contributed by atoms with Crippen LogP contribution < -0.4 is 0 Å². The third-order valence-electron chi connectivity index (χ3n) is 20.1. The topological polar surface area (TPSA) is 48.5 Å². The molecule has 450 valence electrons. The highest BCUT2D eigenvalue weighted by atomic mass is 15.0. The minimum absolute atomic E-state index is 0.599. The zero-order chi connectivity index (χ0) is 63.2. The molecule has 19 rings (SSSR count).